The van der Waals surface area contributed by atoms with Crippen LogP contribution >= 0.6 is 24.0 Å². The number of likely N-dealkylation sites (tertiary alicyclic amines) is 1. The highest BCUT2D eigenvalue weighted by Gasteiger charge is 2.10. The molecular weight excluding hydrogens is 455 g/mol. The number of halogens is 1. The molecule has 1 saturated heterocycles. The molecule has 0 bridgehead atoms. The van der Waals surface area contributed by atoms with E-state index in [4.69, 9.17) is 14.5 Å². The van der Waals surface area contributed by atoms with Gasteiger partial charge in [0.2, 0.25) is 0 Å². The third kappa shape index (κ3) is 8.55. The second-order valence-electron chi connectivity index (χ2n) is 6.44. The van der Waals surface area contributed by atoms with Crippen LogP contribution in [-0.4, -0.2) is 57.3 Å². The minimum atomic E-state index is 0. The maximum Gasteiger partial charge on any atom is 0.195 e. The average molecular weight is 490 g/mol. The monoisotopic (exact) mass is 490 g/mol. The van der Waals surface area contributed by atoms with Gasteiger partial charge in [-0.25, -0.2) is 0 Å². The first kappa shape index (κ1) is 23.8. The third-order valence-corrected chi connectivity index (χ3v) is 4.42. The fraction of sp³-hybridized carbons (Fsp3) is 0.650. The molecule has 1 aromatic carbocycles. The van der Waals surface area contributed by atoms with E-state index >= 15 is 0 Å². The predicted octanol–water partition coefficient (Wildman–Crippen LogP) is 3.97. The molecule has 0 aliphatic carbocycles. The Bertz CT molecular complexity index is 563. The molecule has 154 valence electrons. The molecule has 1 aliphatic rings. The number of rotatable bonds is 10. The van der Waals surface area contributed by atoms with Crippen molar-refractivity contribution in [1.29, 1.82) is 0 Å². The van der Waals surface area contributed by atoms with Crippen molar-refractivity contribution in [3.63, 3.8) is 0 Å². The summed E-state index contributed by atoms with van der Waals surface area (Å²) in [5.74, 6) is 2.28. The molecule has 1 fully saturated rings. The fourth-order valence-electron chi connectivity index (χ4n) is 3.11. The van der Waals surface area contributed by atoms with Crippen molar-refractivity contribution in [2.24, 2.45) is 4.99 Å². The highest BCUT2D eigenvalue weighted by atomic mass is 127. The summed E-state index contributed by atoms with van der Waals surface area (Å²) in [6.45, 7) is 10.1. The van der Waals surface area contributed by atoms with Crippen molar-refractivity contribution in [1.82, 2.24) is 10.2 Å². The Hall–Kier alpha value is -1.22. The van der Waals surface area contributed by atoms with E-state index in [1.54, 1.807) is 7.11 Å². The van der Waals surface area contributed by atoms with Crippen molar-refractivity contribution >= 4 is 35.6 Å². The van der Waals surface area contributed by atoms with Crippen LogP contribution in [0.2, 0.25) is 0 Å². The normalized spacial score (nSPS) is 14.6. The molecule has 1 aromatic rings. The zero-order valence-corrected chi connectivity index (χ0v) is 19.3. The highest BCUT2D eigenvalue weighted by molar-refractivity contribution is 14.0. The van der Waals surface area contributed by atoms with Crippen LogP contribution < -0.4 is 20.1 Å². The lowest BCUT2D eigenvalue weighted by Gasteiger charge is -2.15. The van der Waals surface area contributed by atoms with Gasteiger partial charge in [-0.05, 0) is 71.3 Å². The smallest absolute Gasteiger partial charge is 0.195 e. The molecule has 0 radical (unpaired) electrons. The zero-order chi connectivity index (χ0) is 18.6. The Labute approximate surface area is 181 Å². The molecular formula is C20H35IN4O2. The first-order chi connectivity index (χ1) is 12.8. The Kier molecular flexibility index (Phi) is 12.2. The number of nitrogens with one attached hydrogen (secondary N) is 2. The molecule has 0 saturated carbocycles. The van der Waals surface area contributed by atoms with E-state index in [9.17, 15) is 0 Å². The summed E-state index contributed by atoms with van der Waals surface area (Å²) >= 11 is 0. The highest BCUT2D eigenvalue weighted by Crippen LogP contribution is 2.30. The first-order valence-corrected chi connectivity index (χ1v) is 9.85. The van der Waals surface area contributed by atoms with Crippen LogP contribution in [0.3, 0.4) is 0 Å². The van der Waals surface area contributed by atoms with E-state index in [0.717, 1.165) is 42.7 Å². The van der Waals surface area contributed by atoms with Gasteiger partial charge in [-0.3, -0.25) is 4.99 Å². The van der Waals surface area contributed by atoms with Gasteiger partial charge in [-0.15, -0.1) is 24.0 Å². The largest absolute Gasteiger partial charge is 0.493 e. The number of benzene rings is 1. The first-order valence-electron chi connectivity index (χ1n) is 9.85. The Morgan fingerprint density at radius 2 is 1.93 bits per heavy atom. The van der Waals surface area contributed by atoms with E-state index < -0.39 is 0 Å². The number of hydrogen-bond donors (Lipinski definition) is 2. The van der Waals surface area contributed by atoms with Crippen molar-refractivity contribution in [3.05, 3.63) is 18.2 Å². The van der Waals surface area contributed by atoms with E-state index in [0.29, 0.717) is 6.61 Å². The average Bonchev–Trinajstić information content (AvgIpc) is 3.16. The second kappa shape index (κ2) is 13.9. The van der Waals surface area contributed by atoms with Gasteiger partial charge in [0, 0.05) is 24.8 Å². The number of aliphatic imine (C=N–C) groups is 1. The third-order valence-electron chi connectivity index (χ3n) is 4.42. The maximum absolute atomic E-state index is 5.57. The summed E-state index contributed by atoms with van der Waals surface area (Å²) < 4.78 is 11.0. The predicted molar refractivity (Wildman–Crippen MR) is 124 cm³/mol. The van der Waals surface area contributed by atoms with Crippen LogP contribution in [0.25, 0.3) is 0 Å². The van der Waals surface area contributed by atoms with Crippen LogP contribution in [0.5, 0.6) is 11.5 Å². The van der Waals surface area contributed by atoms with Crippen molar-refractivity contribution < 1.29 is 9.47 Å². The van der Waals surface area contributed by atoms with Gasteiger partial charge < -0.3 is 25.0 Å². The summed E-state index contributed by atoms with van der Waals surface area (Å²) in [7, 11) is 1.65. The van der Waals surface area contributed by atoms with Gasteiger partial charge in [-0.2, -0.15) is 0 Å². The standard InChI is InChI=1S/C20H34N4O2.HI/c1-4-21-20(22-12-6-7-13-24-14-8-9-15-24)23-17-10-11-18(26-5-2)19(16-17)25-3;/h10-11,16H,4-9,12-15H2,1-3H3,(H2,21,22,23);1H. The van der Waals surface area contributed by atoms with E-state index in [1.807, 2.05) is 25.1 Å². The number of unbranched alkanes of at least 4 members (excludes halogenated alkanes) is 1. The van der Waals surface area contributed by atoms with E-state index in [-0.39, 0.29) is 24.0 Å². The van der Waals surface area contributed by atoms with Gasteiger partial charge >= 0.3 is 0 Å². The van der Waals surface area contributed by atoms with Gasteiger partial charge in [0.05, 0.1) is 13.7 Å². The molecule has 27 heavy (non-hydrogen) atoms. The van der Waals surface area contributed by atoms with Crippen LogP contribution in [0, 0.1) is 0 Å². The quantitative estimate of drug-likeness (QED) is 0.225. The Balaban J connectivity index is 0.00000364. The molecule has 0 unspecified atom stereocenters. The second-order valence-corrected chi connectivity index (χ2v) is 6.44. The number of nitrogens with zero attached hydrogens (tertiary/aromatic N) is 2. The van der Waals surface area contributed by atoms with Crippen LogP contribution in [0.15, 0.2) is 23.2 Å². The van der Waals surface area contributed by atoms with Crippen LogP contribution in [-0.2, 0) is 0 Å². The maximum atomic E-state index is 5.57. The van der Waals surface area contributed by atoms with Gasteiger partial charge in [-0.1, -0.05) is 0 Å². The van der Waals surface area contributed by atoms with Crippen LogP contribution in [0.1, 0.15) is 39.5 Å². The minimum Gasteiger partial charge on any atom is -0.493 e. The van der Waals surface area contributed by atoms with Crippen molar-refractivity contribution in [2.75, 3.05) is 51.8 Å². The Morgan fingerprint density at radius 3 is 2.59 bits per heavy atom. The Morgan fingerprint density at radius 1 is 1.15 bits per heavy atom. The number of hydrogen-bond acceptors (Lipinski definition) is 4. The number of guanidine groups is 1. The van der Waals surface area contributed by atoms with Gasteiger partial charge in [0.25, 0.3) is 0 Å². The van der Waals surface area contributed by atoms with Gasteiger partial charge in [0.1, 0.15) is 0 Å². The fourth-order valence-corrected chi connectivity index (χ4v) is 3.11. The number of ether oxygens (including phenoxy) is 2. The minimum absolute atomic E-state index is 0. The number of methoxy groups -OCH3 is 1. The summed E-state index contributed by atoms with van der Waals surface area (Å²) in [5.41, 5.74) is 0.932. The summed E-state index contributed by atoms with van der Waals surface area (Å²) in [6.07, 6.45) is 5.04. The molecule has 2 rings (SSSR count). The van der Waals surface area contributed by atoms with E-state index in [1.165, 1.54) is 38.9 Å². The topological polar surface area (TPSA) is 58.1 Å². The summed E-state index contributed by atoms with van der Waals surface area (Å²) in [6, 6.07) is 5.84. The molecule has 2 N–H and O–H groups in total. The lowest BCUT2D eigenvalue weighted by Crippen LogP contribution is -2.30. The SMILES string of the molecule is CCNC(=NCCCCN1CCCC1)Nc1ccc(OCC)c(OC)c1.I. The lowest BCUT2D eigenvalue weighted by atomic mass is 10.2. The van der Waals surface area contributed by atoms with E-state index in [2.05, 4.69) is 22.5 Å². The van der Waals surface area contributed by atoms with Crippen LogP contribution in [0.4, 0.5) is 5.69 Å². The van der Waals surface area contributed by atoms with Gasteiger partial charge in [0.15, 0.2) is 17.5 Å². The molecule has 0 atom stereocenters. The molecule has 0 spiro atoms. The molecule has 6 nitrogen and oxygen atoms in total. The molecule has 7 heteroatoms. The molecule has 0 amide bonds. The molecule has 0 aromatic heterocycles. The molecule has 1 heterocycles. The zero-order valence-electron chi connectivity index (χ0n) is 16.9. The van der Waals surface area contributed by atoms with Crippen molar-refractivity contribution in [2.45, 2.75) is 39.5 Å². The molecule has 1 aliphatic heterocycles. The number of anilines is 1. The summed E-state index contributed by atoms with van der Waals surface area (Å²) in [4.78, 5) is 7.25. The summed E-state index contributed by atoms with van der Waals surface area (Å²) in [5, 5.41) is 6.65. The van der Waals surface area contributed by atoms with Crippen molar-refractivity contribution in [3.8, 4) is 11.5 Å². The lowest BCUT2D eigenvalue weighted by molar-refractivity contribution is 0.311.